The summed E-state index contributed by atoms with van der Waals surface area (Å²) in [6.45, 7) is 4.76. The van der Waals surface area contributed by atoms with Gasteiger partial charge in [-0.15, -0.1) is 0 Å². The van der Waals surface area contributed by atoms with Crippen LogP contribution in [0.15, 0.2) is 16.5 Å². The normalized spacial score (nSPS) is 26.1. The molecule has 3 atom stereocenters. The fourth-order valence-corrected chi connectivity index (χ4v) is 3.98. The van der Waals surface area contributed by atoms with Crippen molar-refractivity contribution in [3.63, 3.8) is 0 Å². The first-order chi connectivity index (χ1) is 8.69. The third-order valence-electron chi connectivity index (χ3n) is 3.64. The fourth-order valence-electron chi connectivity index (χ4n) is 2.63. The summed E-state index contributed by atoms with van der Waals surface area (Å²) < 4.78 is 17.4. The van der Waals surface area contributed by atoms with E-state index in [1.165, 1.54) is 12.8 Å². The highest BCUT2D eigenvalue weighted by molar-refractivity contribution is 7.85. The quantitative estimate of drug-likeness (QED) is 0.893. The molecule has 1 N–H and O–H groups in total. The van der Waals surface area contributed by atoms with Crippen molar-refractivity contribution in [2.24, 2.45) is 0 Å². The van der Waals surface area contributed by atoms with Crippen molar-refractivity contribution < 1.29 is 8.63 Å². The predicted molar refractivity (Wildman–Crippen MR) is 75.0 cm³/mol. The molecule has 1 saturated carbocycles. The summed E-state index contributed by atoms with van der Waals surface area (Å²) in [5, 5.41) is 3.92. The van der Waals surface area contributed by atoms with Gasteiger partial charge in [0.2, 0.25) is 0 Å². The van der Waals surface area contributed by atoms with Crippen LogP contribution >= 0.6 is 0 Å². The molecule has 0 aliphatic heterocycles. The fraction of sp³-hybridized carbons (Fsp3) is 0.714. The van der Waals surface area contributed by atoms with Gasteiger partial charge in [-0.25, -0.2) is 0 Å². The highest BCUT2D eigenvalue weighted by Crippen LogP contribution is 2.23. The van der Waals surface area contributed by atoms with Crippen molar-refractivity contribution >= 4 is 10.8 Å². The van der Waals surface area contributed by atoms with Gasteiger partial charge in [0.25, 0.3) is 0 Å². The van der Waals surface area contributed by atoms with Gasteiger partial charge in [0.05, 0.1) is 6.54 Å². The van der Waals surface area contributed by atoms with Crippen LogP contribution < -0.4 is 5.32 Å². The maximum atomic E-state index is 11.9. The molecule has 4 heteroatoms. The average Bonchev–Trinajstić information content (AvgIpc) is 2.81. The molecule has 1 aromatic heterocycles. The highest BCUT2D eigenvalue weighted by Gasteiger charge is 2.25. The third-order valence-corrected chi connectivity index (χ3v) is 5.38. The van der Waals surface area contributed by atoms with Crippen molar-refractivity contribution in [3.05, 3.63) is 23.7 Å². The molecule has 1 fully saturated rings. The molecule has 1 aliphatic carbocycles. The van der Waals surface area contributed by atoms with E-state index in [2.05, 4.69) is 5.32 Å². The van der Waals surface area contributed by atoms with E-state index in [-0.39, 0.29) is 0 Å². The summed E-state index contributed by atoms with van der Waals surface area (Å²) in [6.07, 6.45) is 4.54. The zero-order chi connectivity index (χ0) is 13.0. The number of rotatable bonds is 5. The number of nitrogens with one attached hydrogen (secondary N) is 1. The maximum absolute atomic E-state index is 11.9. The standard InChI is InChI=1S/C14H23NO2S/c1-3-18(16)14-6-4-5-12(9-14)15-10-13-8-7-11(2)17-13/h7-8,12,14-15H,3-6,9-10H2,1-2H3/t12-,14+,18+/m1/s1. The molecule has 0 saturated heterocycles. The SMILES string of the molecule is CC[S@](=O)[C@H]1CCC[C@@H](NCc2ccc(C)o2)C1. The summed E-state index contributed by atoms with van der Waals surface area (Å²) in [7, 11) is -0.642. The Morgan fingerprint density at radius 3 is 2.94 bits per heavy atom. The van der Waals surface area contributed by atoms with Crippen LogP contribution in [0.2, 0.25) is 0 Å². The van der Waals surface area contributed by atoms with Gasteiger partial charge in [-0.3, -0.25) is 4.21 Å². The largest absolute Gasteiger partial charge is 0.465 e. The van der Waals surface area contributed by atoms with Crippen LogP contribution in [0, 0.1) is 6.92 Å². The number of hydrogen-bond donors (Lipinski definition) is 1. The van der Waals surface area contributed by atoms with Crippen LogP contribution in [0.25, 0.3) is 0 Å². The van der Waals surface area contributed by atoms with Crippen molar-refractivity contribution in [2.45, 2.75) is 57.4 Å². The molecule has 2 rings (SSSR count). The second kappa shape index (κ2) is 6.53. The van der Waals surface area contributed by atoms with Crippen molar-refractivity contribution in [2.75, 3.05) is 5.75 Å². The third kappa shape index (κ3) is 3.69. The Labute approximate surface area is 112 Å². The summed E-state index contributed by atoms with van der Waals surface area (Å²) in [5.74, 6) is 2.74. The molecule has 3 nitrogen and oxygen atoms in total. The van der Waals surface area contributed by atoms with Gasteiger partial charge in [-0.05, 0) is 38.3 Å². The zero-order valence-corrected chi connectivity index (χ0v) is 12.1. The Morgan fingerprint density at radius 1 is 1.44 bits per heavy atom. The molecular weight excluding hydrogens is 246 g/mol. The Bertz CT molecular complexity index is 402. The molecule has 102 valence electrons. The molecule has 0 radical (unpaired) electrons. The highest BCUT2D eigenvalue weighted by atomic mass is 32.2. The second-order valence-electron chi connectivity index (χ2n) is 5.05. The van der Waals surface area contributed by atoms with Crippen molar-refractivity contribution in [3.8, 4) is 0 Å². The van der Waals surface area contributed by atoms with Crippen molar-refractivity contribution in [1.29, 1.82) is 0 Å². The minimum absolute atomic E-state index is 0.389. The van der Waals surface area contributed by atoms with Crippen LogP contribution in [-0.2, 0) is 17.3 Å². The van der Waals surface area contributed by atoms with Crippen LogP contribution in [0.1, 0.15) is 44.1 Å². The van der Waals surface area contributed by atoms with Gasteiger partial charge in [0.15, 0.2) is 0 Å². The van der Waals surface area contributed by atoms with Gasteiger partial charge in [-0.1, -0.05) is 13.3 Å². The molecule has 0 amide bonds. The van der Waals surface area contributed by atoms with Gasteiger partial charge >= 0.3 is 0 Å². The first-order valence-corrected chi connectivity index (χ1v) is 8.23. The molecule has 1 aliphatic rings. The van der Waals surface area contributed by atoms with Gasteiger partial charge < -0.3 is 9.73 Å². The minimum Gasteiger partial charge on any atom is -0.465 e. The molecule has 1 aromatic rings. The molecule has 0 spiro atoms. The van der Waals surface area contributed by atoms with E-state index in [0.29, 0.717) is 11.3 Å². The molecule has 18 heavy (non-hydrogen) atoms. The van der Waals surface area contributed by atoms with Crippen LogP contribution in [0.3, 0.4) is 0 Å². The minimum atomic E-state index is -0.642. The summed E-state index contributed by atoms with van der Waals surface area (Å²) in [4.78, 5) is 0. The predicted octanol–water partition coefficient (Wildman–Crippen LogP) is 2.76. The number of furan rings is 1. The molecule has 0 unspecified atom stereocenters. The molecule has 0 aromatic carbocycles. The molecule has 1 heterocycles. The maximum Gasteiger partial charge on any atom is 0.117 e. The lowest BCUT2D eigenvalue weighted by atomic mass is 9.95. The van der Waals surface area contributed by atoms with E-state index < -0.39 is 10.8 Å². The van der Waals surface area contributed by atoms with E-state index in [4.69, 9.17) is 4.42 Å². The van der Waals surface area contributed by atoms with Crippen molar-refractivity contribution in [1.82, 2.24) is 5.32 Å². The Balaban J connectivity index is 1.80. The van der Waals surface area contributed by atoms with Crippen LogP contribution in [0.4, 0.5) is 0 Å². The van der Waals surface area contributed by atoms with E-state index in [1.807, 2.05) is 26.0 Å². The lowest BCUT2D eigenvalue weighted by Gasteiger charge is -2.28. The van der Waals surface area contributed by atoms with Crippen LogP contribution in [0.5, 0.6) is 0 Å². The smallest absolute Gasteiger partial charge is 0.117 e. The van der Waals surface area contributed by atoms with E-state index in [9.17, 15) is 4.21 Å². The van der Waals surface area contributed by atoms with E-state index in [1.54, 1.807) is 0 Å². The molecular formula is C14H23NO2S. The Kier molecular flexibility index (Phi) is 5.01. The zero-order valence-electron chi connectivity index (χ0n) is 11.3. The Morgan fingerprint density at radius 2 is 2.28 bits per heavy atom. The topological polar surface area (TPSA) is 42.2 Å². The second-order valence-corrected chi connectivity index (χ2v) is 7.05. The number of hydrogen-bond acceptors (Lipinski definition) is 3. The Hall–Kier alpha value is -0.610. The lowest BCUT2D eigenvalue weighted by molar-refractivity contribution is 0.357. The van der Waals surface area contributed by atoms with Crippen LogP contribution in [-0.4, -0.2) is 21.3 Å². The van der Waals surface area contributed by atoms with E-state index >= 15 is 0 Å². The molecule has 0 bridgehead atoms. The summed E-state index contributed by atoms with van der Waals surface area (Å²) in [6, 6.07) is 4.50. The lowest BCUT2D eigenvalue weighted by Crippen LogP contribution is -2.37. The average molecular weight is 269 g/mol. The first-order valence-electron chi connectivity index (χ1n) is 6.85. The first kappa shape index (κ1) is 13.8. The summed E-state index contributed by atoms with van der Waals surface area (Å²) in [5.41, 5.74) is 0. The van der Waals surface area contributed by atoms with Gasteiger partial charge in [0, 0.05) is 27.8 Å². The van der Waals surface area contributed by atoms with Gasteiger partial charge in [-0.2, -0.15) is 0 Å². The monoisotopic (exact) mass is 269 g/mol. The number of aryl methyl sites for hydroxylation is 1. The van der Waals surface area contributed by atoms with E-state index in [0.717, 1.165) is 36.7 Å². The summed E-state index contributed by atoms with van der Waals surface area (Å²) >= 11 is 0. The van der Waals surface area contributed by atoms with Gasteiger partial charge in [0.1, 0.15) is 11.5 Å².